The molecule has 2 nitrogen and oxygen atoms in total. The van der Waals surface area contributed by atoms with Gasteiger partial charge in [-0.05, 0) is 81.1 Å². The minimum absolute atomic E-state index is 0.182. The molecule has 1 aromatic carbocycles. The van der Waals surface area contributed by atoms with Crippen LogP contribution >= 0.6 is 11.6 Å². The summed E-state index contributed by atoms with van der Waals surface area (Å²) in [4.78, 5) is 5.12. The van der Waals surface area contributed by atoms with Gasteiger partial charge in [0.05, 0.1) is 0 Å². The quantitative estimate of drug-likeness (QED) is 0.658. The SMILES string of the molecule is CN(C1CCN(Cc2ccc(Cl)cc2F)CC1)[C@@H]1C[C@H]2CC[C@]1(C)C2(C)C. The van der Waals surface area contributed by atoms with Gasteiger partial charge in [-0.25, -0.2) is 4.39 Å². The van der Waals surface area contributed by atoms with E-state index in [9.17, 15) is 4.39 Å². The van der Waals surface area contributed by atoms with Crippen LogP contribution in [0.1, 0.15) is 58.4 Å². The van der Waals surface area contributed by atoms with Crippen LogP contribution in [-0.2, 0) is 6.54 Å². The second kappa shape index (κ2) is 7.00. The number of fused-ring (bicyclic) bond motifs is 2. The lowest BCUT2D eigenvalue weighted by atomic mass is 9.68. The molecule has 27 heavy (non-hydrogen) atoms. The molecule has 0 amide bonds. The van der Waals surface area contributed by atoms with Crippen LogP contribution < -0.4 is 0 Å². The minimum atomic E-state index is -0.182. The highest BCUT2D eigenvalue weighted by molar-refractivity contribution is 6.30. The zero-order chi connectivity index (χ0) is 19.4. The molecule has 3 fully saturated rings. The van der Waals surface area contributed by atoms with Crippen molar-refractivity contribution in [3.05, 3.63) is 34.6 Å². The lowest BCUT2D eigenvalue weighted by molar-refractivity contribution is 0.0137. The predicted octanol–water partition coefficient (Wildman–Crippen LogP) is 5.59. The monoisotopic (exact) mass is 392 g/mol. The van der Waals surface area contributed by atoms with Gasteiger partial charge in [-0.3, -0.25) is 9.80 Å². The van der Waals surface area contributed by atoms with Crippen LogP contribution in [0.15, 0.2) is 18.2 Å². The van der Waals surface area contributed by atoms with Crippen molar-refractivity contribution in [3.8, 4) is 0 Å². The summed E-state index contributed by atoms with van der Waals surface area (Å²) in [6.45, 7) is 10.3. The van der Waals surface area contributed by atoms with Gasteiger partial charge in [0.25, 0.3) is 0 Å². The smallest absolute Gasteiger partial charge is 0.129 e. The summed E-state index contributed by atoms with van der Waals surface area (Å²) in [7, 11) is 2.37. The van der Waals surface area contributed by atoms with Crippen LogP contribution in [0.3, 0.4) is 0 Å². The number of piperidine rings is 1. The normalized spacial score (nSPS) is 33.9. The Balaban J connectivity index is 1.36. The molecule has 3 atom stereocenters. The number of hydrogen-bond acceptors (Lipinski definition) is 2. The Morgan fingerprint density at radius 1 is 1.19 bits per heavy atom. The zero-order valence-electron chi connectivity index (χ0n) is 17.3. The molecule has 1 heterocycles. The van der Waals surface area contributed by atoms with E-state index >= 15 is 0 Å². The minimum Gasteiger partial charge on any atom is -0.300 e. The van der Waals surface area contributed by atoms with E-state index in [1.54, 1.807) is 6.07 Å². The third-order valence-corrected chi connectivity index (χ3v) is 9.02. The summed E-state index contributed by atoms with van der Waals surface area (Å²) in [5, 5.41) is 0.471. The van der Waals surface area contributed by atoms with Gasteiger partial charge in [0.2, 0.25) is 0 Å². The van der Waals surface area contributed by atoms with E-state index in [0.717, 1.165) is 30.6 Å². The first-order valence-corrected chi connectivity index (χ1v) is 11.0. The lowest BCUT2D eigenvalue weighted by Crippen LogP contribution is -2.52. The Hall–Kier alpha value is -0.640. The van der Waals surface area contributed by atoms with E-state index in [-0.39, 0.29) is 5.82 Å². The highest BCUT2D eigenvalue weighted by Gasteiger charge is 2.62. The van der Waals surface area contributed by atoms with Gasteiger partial charge in [0.1, 0.15) is 5.82 Å². The largest absolute Gasteiger partial charge is 0.300 e. The number of rotatable bonds is 4. The maximum atomic E-state index is 14.1. The first-order valence-electron chi connectivity index (χ1n) is 10.6. The van der Waals surface area contributed by atoms with Crippen LogP contribution in [-0.4, -0.2) is 42.0 Å². The third kappa shape index (κ3) is 3.24. The highest BCUT2D eigenvalue weighted by Crippen LogP contribution is 2.66. The van der Waals surface area contributed by atoms with Crippen molar-refractivity contribution in [3.63, 3.8) is 0 Å². The summed E-state index contributed by atoms with van der Waals surface area (Å²) in [6, 6.07) is 6.42. The van der Waals surface area contributed by atoms with Crippen LogP contribution in [0.2, 0.25) is 5.02 Å². The average molecular weight is 393 g/mol. The first-order chi connectivity index (χ1) is 12.7. The van der Waals surface area contributed by atoms with Crippen molar-refractivity contribution < 1.29 is 4.39 Å². The second-order valence-electron chi connectivity index (χ2n) is 10.0. The van der Waals surface area contributed by atoms with Crippen LogP contribution in [0.5, 0.6) is 0 Å². The molecule has 2 aliphatic carbocycles. The molecule has 2 saturated carbocycles. The standard InChI is InChI=1S/C23H34ClFN2/c1-22(2)17-7-10-23(22,3)21(13-17)26(4)19-8-11-27(12-9-19)15-16-5-6-18(24)14-20(16)25/h5-6,14,17,19,21H,7-13,15H2,1-4H3/t17-,21-,23+/m1/s1. The van der Waals surface area contributed by atoms with E-state index in [4.69, 9.17) is 11.6 Å². The molecule has 4 rings (SSSR count). The Morgan fingerprint density at radius 3 is 2.44 bits per heavy atom. The van der Waals surface area contributed by atoms with Crippen molar-refractivity contribution in [2.75, 3.05) is 20.1 Å². The molecule has 0 N–H and O–H groups in total. The van der Waals surface area contributed by atoms with Crippen molar-refractivity contribution in [1.29, 1.82) is 0 Å². The van der Waals surface area contributed by atoms with Gasteiger partial charge in [0, 0.05) is 29.2 Å². The van der Waals surface area contributed by atoms with Crippen molar-refractivity contribution in [2.45, 2.75) is 71.5 Å². The Labute approximate surface area is 169 Å². The number of nitrogens with zero attached hydrogens (tertiary/aromatic N) is 2. The lowest BCUT2D eigenvalue weighted by Gasteiger charge is -2.47. The van der Waals surface area contributed by atoms with Crippen molar-refractivity contribution in [1.82, 2.24) is 9.80 Å². The fourth-order valence-electron chi connectivity index (χ4n) is 6.41. The second-order valence-corrected chi connectivity index (χ2v) is 10.5. The van der Waals surface area contributed by atoms with Gasteiger partial charge in [-0.2, -0.15) is 0 Å². The number of benzene rings is 1. The maximum absolute atomic E-state index is 14.1. The summed E-state index contributed by atoms with van der Waals surface area (Å²) in [5.41, 5.74) is 1.68. The van der Waals surface area contributed by atoms with Crippen molar-refractivity contribution >= 4 is 11.6 Å². The summed E-state index contributed by atoms with van der Waals surface area (Å²) in [6.07, 6.45) is 6.54. The van der Waals surface area contributed by atoms with E-state index < -0.39 is 0 Å². The predicted molar refractivity (Wildman–Crippen MR) is 110 cm³/mol. The summed E-state index contributed by atoms with van der Waals surface area (Å²) < 4.78 is 14.1. The van der Waals surface area contributed by atoms with E-state index in [2.05, 4.69) is 37.6 Å². The van der Waals surface area contributed by atoms with Gasteiger partial charge in [-0.15, -0.1) is 0 Å². The molecule has 0 unspecified atom stereocenters. The van der Waals surface area contributed by atoms with E-state index in [1.165, 1.54) is 38.2 Å². The Kier molecular flexibility index (Phi) is 5.10. The van der Waals surface area contributed by atoms with Crippen molar-refractivity contribution in [2.24, 2.45) is 16.7 Å². The molecule has 0 spiro atoms. The van der Waals surface area contributed by atoms with E-state index in [1.807, 2.05) is 6.07 Å². The molecule has 1 aliphatic heterocycles. The maximum Gasteiger partial charge on any atom is 0.129 e. The molecular formula is C23H34ClFN2. The zero-order valence-corrected chi connectivity index (χ0v) is 18.0. The summed E-state index contributed by atoms with van der Waals surface area (Å²) in [5.74, 6) is 0.710. The molecule has 4 heteroatoms. The highest BCUT2D eigenvalue weighted by atomic mass is 35.5. The van der Waals surface area contributed by atoms with Gasteiger partial charge < -0.3 is 0 Å². The van der Waals surface area contributed by atoms with Crippen LogP contribution in [0, 0.1) is 22.6 Å². The average Bonchev–Trinajstić information content (AvgIpc) is 2.97. The topological polar surface area (TPSA) is 6.48 Å². The fraction of sp³-hybridized carbons (Fsp3) is 0.739. The Bertz CT molecular complexity index is 698. The molecule has 0 radical (unpaired) electrons. The summed E-state index contributed by atoms with van der Waals surface area (Å²) >= 11 is 5.87. The third-order valence-electron chi connectivity index (χ3n) is 8.78. The molecule has 150 valence electrons. The van der Waals surface area contributed by atoms with E-state index in [0.29, 0.717) is 28.4 Å². The number of likely N-dealkylation sites (tertiary alicyclic amines) is 1. The molecule has 3 aliphatic rings. The van der Waals surface area contributed by atoms with Gasteiger partial charge in [-0.1, -0.05) is 38.4 Å². The van der Waals surface area contributed by atoms with Crippen LogP contribution in [0.25, 0.3) is 0 Å². The number of halogens is 2. The van der Waals surface area contributed by atoms with Gasteiger partial charge in [0.15, 0.2) is 0 Å². The molecule has 2 bridgehead atoms. The van der Waals surface area contributed by atoms with Gasteiger partial charge >= 0.3 is 0 Å². The first kappa shape index (κ1) is 19.7. The van der Waals surface area contributed by atoms with Crippen LogP contribution in [0.4, 0.5) is 4.39 Å². The fourth-order valence-corrected chi connectivity index (χ4v) is 6.57. The Morgan fingerprint density at radius 2 is 1.89 bits per heavy atom. The molecule has 1 aromatic rings. The molecular weight excluding hydrogens is 359 g/mol. The molecule has 0 aromatic heterocycles. The number of hydrogen-bond donors (Lipinski definition) is 0. The molecule has 1 saturated heterocycles.